The van der Waals surface area contributed by atoms with Gasteiger partial charge in [0.1, 0.15) is 0 Å². The Balaban J connectivity index is 2.54. The zero-order chi connectivity index (χ0) is 16.1. The topological polar surface area (TPSA) is 42.2 Å². The SMILES string of the molecule is CCCCCn1c(-c2ccc(C)cc2C)ccc(CO)c1=O. The zero-order valence-corrected chi connectivity index (χ0v) is 13.7. The first-order valence-corrected chi connectivity index (χ1v) is 7.99. The smallest absolute Gasteiger partial charge is 0.256 e. The molecule has 1 heterocycles. The van der Waals surface area contributed by atoms with E-state index in [0.717, 1.165) is 30.5 Å². The van der Waals surface area contributed by atoms with Crippen LogP contribution in [0.25, 0.3) is 11.3 Å². The Morgan fingerprint density at radius 3 is 2.50 bits per heavy atom. The first-order valence-electron chi connectivity index (χ1n) is 7.99. The summed E-state index contributed by atoms with van der Waals surface area (Å²) in [5, 5.41) is 9.35. The molecule has 0 aliphatic heterocycles. The molecule has 1 N–H and O–H groups in total. The van der Waals surface area contributed by atoms with Crippen LogP contribution in [0.15, 0.2) is 35.1 Å². The van der Waals surface area contributed by atoms with E-state index in [1.165, 1.54) is 11.1 Å². The largest absolute Gasteiger partial charge is 0.391 e. The molecular formula is C19H25NO2. The molecule has 118 valence electrons. The standard InChI is InChI=1S/C19H25NO2/c1-4-5-6-11-20-18(10-8-16(13-21)19(20)22)17-9-7-14(2)12-15(17)3/h7-10,12,21H,4-6,11,13H2,1-3H3. The molecule has 0 amide bonds. The zero-order valence-electron chi connectivity index (χ0n) is 13.7. The molecule has 0 saturated carbocycles. The van der Waals surface area contributed by atoms with E-state index in [2.05, 4.69) is 39.0 Å². The van der Waals surface area contributed by atoms with Crippen LogP contribution in [-0.4, -0.2) is 9.67 Å². The minimum absolute atomic E-state index is 0.0731. The lowest BCUT2D eigenvalue weighted by molar-refractivity contribution is 0.279. The fourth-order valence-corrected chi connectivity index (χ4v) is 2.82. The van der Waals surface area contributed by atoms with Gasteiger partial charge in [-0.15, -0.1) is 0 Å². The van der Waals surface area contributed by atoms with E-state index in [9.17, 15) is 9.90 Å². The van der Waals surface area contributed by atoms with E-state index in [4.69, 9.17) is 0 Å². The lowest BCUT2D eigenvalue weighted by Crippen LogP contribution is -2.25. The highest BCUT2D eigenvalue weighted by Crippen LogP contribution is 2.24. The molecule has 3 heteroatoms. The summed E-state index contributed by atoms with van der Waals surface area (Å²) in [7, 11) is 0. The van der Waals surface area contributed by atoms with Gasteiger partial charge in [-0.3, -0.25) is 4.79 Å². The van der Waals surface area contributed by atoms with Gasteiger partial charge in [0.2, 0.25) is 0 Å². The van der Waals surface area contributed by atoms with Crippen molar-refractivity contribution in [3.63, 3.8) is 0 Å². The Bertz CT molecular complexity index is 701. The van der Waals surface area contributed by atoms with Gasteiger partial charge in [-0.25, -0.2) is 0 Å². The Morgan fingerprint density at radius 2 is 1.86 bits per heavy atom. The number of rotatable bonds is 6. The number of pyridine rings is 1. The van der Waals surface area contributed by atoms with Gasteiger partial charge in [-0.1, -0.05) is 43.5 Å². The second-order valence-electron chi connectivity index (χ2n) is 5.88. The first-order chi connectivity index (χ1) is 10.6. The third-order valence-corrected chi connectivity index (χ3v) is 4.07. The van der Waals surface area contributed by atoms with Gasteiger partial charge < -0.3 is 9.67 Å². The Kier molecular flexibility index (Phi) is 5.56. The van der Waals surface area contributed by atoms with Crippen molar-refractivity contribution in [3.05, 3.63) is 57.4 Å². The predicted octanol–water partition coefficient (Wildman–Crippen LogP) is 3.81. The molecule has 0 unspecified atom stereocenters. The first kappa shape index (κ1) is 16.5. The molecule has 0 aliphatic rings. The molecule has 0 radical (unpaired) electrons. The molecule has 0 saturated heterocycles. The molecule has 1 aromatic heterocycles. The van der Waals surface area contributed by atoms with E-state index >= 15 is 0 Å². The predicted molar refractivity (Wildman–Crippen MR) is 91.1 cm³/mol. The normalized spacial score (nSPS) is 10.9. The summed E-state index contributed by atoms with van der Waals surface area (Å²) >= 11 is 0. The average molecular weight is 299 g/mol. The molecule has 0 fully saturated rings. The van der Waals surface area contributed by atoms with Crippen LogP contribution in [0.4, 0.5) is 0 Å². The quantitative estimate of drug-likeness (QED) is 0.824. The molecule has 0 atom stereocenters. The Morgan fingerprint density at radius 1 is 1.09 bits per heavy atom. The molecule has 0 aliphatic carbocycles. The van der Waals surface area contributed by atoms with E-state index in [0.29, 0.717) is 12.1 Å². The highest BCUT2D eigenvalue weighted by atomic mass is 16.3. The van der Waals surface area contributed by atoms with Crippen molar-refractivity contribution in [1.29, 1.82) is 0 Å². The third kappa shape index (κ3) is 3.47. The lowest BCUT2D eigenvalue weighted by Gasteiger charge is -2.16. The molecule has 0 spiro atoms. The maximum atomic E-state index is 12.6. The molecule has 2 aromatic rings. The van der Waals surface area contributed by atoms with Gasteiger partial charge in [0.25, 0.3) is 5.56 Å². The highest BCUT2D eigenvalue weighted by molar-refractivity contribution is 5.64. The minimum atomic E-state index is -0.209. The fraction of sp³-hybridized carbons (Fsp3) is 0.421. The third-order valence-electron chi connectivity index (χ3n) is 4.07. The number of benzene rings is 1. The van der Waals surface area contributed by atoms with Crippen molar-refractivity contribution in [1.82, 2.24) is 4.57 Å². The van der Waals surface area contributed by atoms with Crippen LogP contribution >= 0.6 is 0 Å². The van der Waals surface area contributed by atoms with E-state index in [1.807, 2.05) is 10.6 Å². The van der Waals surface area contributed by atoms with E-state index < -0.39 is 0 Å². The molecule has 0 bridgehead atoms. The summed E-state index contributed by atoms with van der Waals surface area (Å²) in [5.74, 6) is 0. The number of hydrogen-bond donors (Lipinski definition) is 1. The van der Waals surface area contributed by atoms with Crippen LogP contribution in [0.1, 0.15) is 42.9 Å². The second-order valence-corrected chi connectivity index (χ2v) is 5.88. The monoisotopic (exact) mass is 299 g/mol. The summed E-state index contributed by atoms with van der Waals surface area (Å²) in [6.45, 7) is 6.78. The number of aliphatic hydroxyl groups is 1. The number of aliphatic hydroxyl groups excluding tert-OH is 1. The fourth-order valence-electron chi connectivity index (χ4n) is 2.82. The van der Waals surface area contributed by atoms with Gasteiger partial charge in [0, 0.05) is 17.7 Å². The van der Waals surface area contributed by atoms with E-state index in [1.54, 1.807) is 6.07 Å². The van der Waals surface area contributed by atoms with Crippen LogP contribution in [-0.2, 0) is 13.2 Å². The average Bonchev–Trinajstić information content (AvgIpc) is 2.49. The van der Waals surface area contributed by atoms with Crippen LogP contribution in [0.3, 0.4) is 0 Å². The number of aryl methyl sites for hydroxylation is 2. The van der Waals surface area contributed by atoms with Crippen LogP contribution < -0.4 is 5.56 Å². The van der Waals surface area contributed by atoms with Crippen molar-refractivity contribution in [2.75, 3.05) is 0 Å². The van der Waals surface area contributed by atoms with Crippen molar-refractivity contribution in [2.45, 2.75) is 53.2 Å². The van der Waals surface area contributed by atoms with Crippen LogP contribution in [0.5, 0.6) is 0 Å². The maximum Gasteiger partial charge on any atom is 0.256 e. The summed E-state index contributed by atoms with van der Waals surface area (Å²) in [6, 6.07) is 9.98. The summed E-state index contributed by atoms with van der Waals surface area (Å²) in [5.41, 5.74) is 4.80. The van der Waals surface area contributed by atoms with Gasteiger partial charge >= 0.3 is 0 Å². The van der Waals surface area contributed by atoms with Crippen molar-refractivity contribution >= 4 is 0 Å². The molecule has 1 aromatic carbocycles. The molecular weight excluding hydrogens is 274 g/mol. The minimum Gasteiger partial charge on any atom is -0.391 e. The van der Waals surface area contributed by atoms with Crippen molar-refractivity contribution < 1.29 is 5.11 Å². The second kappa shape index (κ2) is 7.41. The van der Waals surface area contributed by atoms with Crippen LogP contribution in [0, 0.1) is 13.8 Å². The van der Waals surface area contributed by atoms with Gasteiger partial charge in [-0.2, -0.15) is 0 Å². The van der Waals surface area contributed by atoms with Gasteiger partial charge in [0.05, 0.1) is 12.3 Å². The number of unbranched alkanes of at least 4 members (excludes halogenated alkanes) is 2. The lowest BCUT2D eigenvalue weighted by atomic mass is 10.0. The van der Waals surface area contributed by atoms with Crippen LogP contribution in [0.2, 0.25) is 0 Å². The van der Waals surface area contributed by atoms with Gasteiger partial charge in [-0.05, 0) is 38.0 Å². The Labute approximate surface area is 132 Å². The summed E-state index contributed by atoms with van der Waals surface area (Å²) < 4.78 is 1.82. The highest BCUT2D eigenvalue weighted by Gasteiger charge is 2.11. The number of hydrogen-bond acceptors (Lipinski definition) is 2. The molecule has 2 rings (SSSR count). The summed E-state index contributed by atoms with van der Waals surface area (Å²) in [4.78, 5) is 12.6. The molecule has 22 heavy (non-hydrogen) atoms. The van der Waals surface area contributed by atoms with Crippen molar-refractivity contribution in [3.8, 4) is 11.3 Å². The number of aromatic nitrogens is 1. The molecule has 3 nitrogen and oxygen atoms in total. The van der Waals surface area contributed by atoms with Crippen molar-refractivity contribution in [2.24, 2.45) is 0 Å². The number of nitrogens with zero attached hydrogens (tertiary/aromatic N) is 1. The maximum absolute atomic E-state index is 12.6. The summed E-state index contributed by atoms with van der Waals surface area (Å²) in [6.07, 6.45) is 3.19. The van der Waals surface area contributed by atoms with E-state index in [-0.39, 0.29) is 12.2 Å². The van der Waals surface area contributed by atoms with Gasteiger partial charge in [0.15, 0.2) is 0 Å². The Hall–Kier alpha value is -1.87.